The van der Waals surface area contributed by atoms with Gasteiger partial charge < -0.3 is 10.4 Å². The highest BCUT2D eigenvalue weighted by atomic mass is 127. The quantitative estimate of drug-likeness (QED) is 0.695. The van der Waals surface area contributed by atoms with Gasteiger partial charge in [0.15, 0.2) is 0 Å². The fraction of sp³-hybridized carbons (Fsp3) is 0. The van der Waals surface area contributed by atoms with Gasteiger partial charge in [-0.3, -0.25) is 4.79 Å². The van der Waals surface area contributed by atoms with Crippen molar-refractivity contribution in [3.63, 3.8) is 0 Å². The molecule has 108 valence electrons. The Bertz CT molecular complexity index is 717. The van der Waals surface area contributed by atoms with Crippen LogP contribution < -0.4 is 5.32 Å². The van der Waals surface area contributed by atoms with Crippen LogP contribution in [0, 0.1) is 3.57 Å². The summed E-state index contributed by atoms with van der Waals surface area (Å²) in [6.07, 6.45) is 0. The normalized spacial score (nSPS) is 10.2. The smallest absolute Gasteiger partial charge is 0.337 e. The Morgan fingerprint density at radius 1 is 1.05 bits per heavy atom. The molecule has 0 spiro atoms. The lowest BCUT2D eigenvalue weighted by atomic mass is 10.1. The van der Waals surface area contributed by atoms with Crippen LogP contribution in [0.25, 0.3) is 0 Å². The zero-order chi connectivity index (χ0) is 15.6. The van der Waals surface area contributed by atoms with Gasteiger partial charge >= 0.3 is 5.97 Å². The van der Waals surface area contributed by atoms with Crippen LogP contribution in [0.4, 0.5) is 5.69 Å². The molecule has 7 heteroatoms. The highest BCUT2D eigenvalue weighted by Gasteiger charge is 2.15. The molecule has 0 aliphatic rings. The summed E-state index contributed by atoms with van der Waals surface area (Å²) >= 11 is 13.9. The van der Waals surface area contributed by atoms with Gasteiger partial charge in [0.25, 0.3) is 5.91 Å². The molecule has 21 heavy (non-hydrogen) atoms. The van der Waals surface area contributed by atoms with Gasteiger partial charge in [0.2, 0.25) is 0 Å². The Labute approximate surface area is 144 Å². The van der Waals surface area contributed by atoms with Crippen LogP contribution >= 0.6 is 45.8 Å². The molecule has 2 aromatic rings. The number of nitrogens with one attached hydrogen (secondary N) is 1. The van der Waals surface area contributed by atoms with E-state index in [1.54, 1.807) is 24.3 Å². The summed E-state index contributed by atoms with van der Waals surface area (Å²) in [5.41, 5.74) is 0.513. The molecule has 0 fully saturated rings. The predicted molar refractivity (Wildman–Crippen MR) is 90.5 cm³/mol. The van der Waals surface area contributed by atoms with Gasteiger partial charge in [0, 0.05) is 9.13 Å². The van der Waals surface area contributed by atoms with E-state index in [9.17, 15) is 9.59 Å². The number of carbonyl (C=O) groups excluding carboxylic acids is 1. The lowest BCUT2D eigenvalue weighted by molar-refractivity contribution is 0.0696. The highest BCUT2D eigenvalue weighted by Crippen LogP contribution is 2.29. The molecule has 0 saturated heterocycles. The Balaban J connectivity index is 2.30. The van der Waals surface area contributed by atoms with Crippen molar-refractivity contribution in [3.05, 3.63) is 61.1 Å². The SMILES string of the molecule is O=C(Nc1cc(C(=O)O)c(Cl)cc1Cl)c1ccc(I)cc1. The monoisotopic (exact) mass is 435 g/mol. The number of benzene rings is 2. The number of anilines is 1. The number of carboxylic acid groups (broad SMARTS) is 1. The van der Waals surface area contributed by atoms with Crippen molar-refractivity contribution in [1.29, 1.82) is 0 Å². The molecule has 2 rings (SSSR count). The zero-order valence-corrected chi connectivity index (χ0v) is 14.0. The lowest BCUT2D eigenvalue weighted by Gasteiger charge is -2.09. The van der Waals surface area contributed by atoms with Gasteiger partial charge in [-0.15, -0.1) is 0 Å². The molecule has 2 N–H and O–H groups in total. The number of halogens is 3. The number of rotatable bonds is 3. The van der Waals surface area contributed by atoms with Crippen molar-refractivity contribution in [2.45, 2.75) is 0 Å². The number of amides is 1. The van der Waals surface area contributed by atoms with Gasteiger partial charge in [-0.25, -0.2) is 4.79 Å². The van der Waals surface area contributed by atoms with Gasteiger partial charge in [0.05, 0.1) is 21.3 Å². The van der Waals surface area contributed by atoms with Crippen molar-refractivity contribution >= 4 is 63.4 Å². The topological polar surface area (TPSA) is 66.4 Å². The molecule has 0 bridgehead atoms. The summed E-state index contributed by atoms with van der Waals surface area (Å²) < 4.78 is 1.00. The van der Waals surface area contributed by atoms with E-state index in [-0.39, 0.29) is 27.2 Å². The first-order valence-corrected chi connectivity index (χ1v) is 7.51. The van der Waals surface area contributed by atoms with E-state index < -0.39 is 5.97 Å². The van der Waals surface area contributed by atoms with Crippen LogP contribution in [0.15, 0.2) is 36.4 Å². The summed E-state index contributed by atoms with van der Waals surface area (Å²) in [4.78, 5) is 23.1. The highest BCUT2D eigenvalue weighted by molar-refractivity contribution is 14.1. The second-order valence-corrected chi connectivity index (χ2v) is 6.14. The molecule has 0 saturated carbocycles. The maximum absolute atomic E-state index is 12.1. The molecule has 0 aliphatic heterocycles. The minimum atomic E-state index is -1.19. The Morgan fingerprint density at radius 2 is 1.67 bits per heavy atom. The molecular formula is C14H8Cl2INO3. The summed E-state index contributed by atoms with van der Waals surface area (Å²) in [6, 6.07) is 9.44. The lowest BCUT2D eigenvalue weighted by Crippen LogP contribution is -2.13. The fourth-order valence-electron chi connectivity index (χ4n) is 1.60. The zero-order valence-electron chi connectivity index (χ0n) is 10.4. The van der Waals surface area contributed by atoms with E-state index in [0.717, 1.165) is 3.57 Å². The minimum absolute atomic E-state index is 0.0137. The Hall–Kier alpha value is -1.31. The Kier molecular flexibility index (Phi) is 5.08. The molecule has 0 heterocycles. The molecule has 2 aromatic carbocycles. The van der Waals surface area contributed by atoms with Crippen LogP contribution in [0.1, 0.15) is 20.7 Å². The first-order valence-electron chi connectivity index (χ1n) is 5.67. The van der Waals surface area contributed by atoms with E-state index in [1.807, 2.05) is 0 Å². The molecule has 0 radical (unpaired) electrons. The van der Waals surface area contributed by atoms with Crippen molar-refractivity contribution in [2.75, 3.05) is 5.32 Å². The third kappa shape index (κ3) is 3.87. The third-order valence-electron chi connectivity index (χ3n) is 2.64. The van der Waals surface area contributed by atoms with Crippen molar-refractivity contribution in [3.8, 4) is 0 Å². The largest absolute Gasteiger partial charge is 0.478 e. The van der Waals surface area contributed by atoms with E-state index in [4.69, 9.17) is 28.3 Å². The van der Waals surface area contributed by atoms with Crippen LogP contribution in [0.5, 0.6) is 0 Å². The van der Waals surface area contributed by atoms with Gasteiger partial charge in [-0.05, 0) is 59.0 Å². The number of carbonyl (C=O) groups is 2. The van der Waals surface area contributed by atoms with Crippen LogP contribution in [-0.2, 0) is 0 Å². The first-order chi connectivity index (χ1) is 9.88. The van der Waals surface area contributed by atoms with Crippen molar-refractivity contribution in [2.24, 2.45) is 0 Å². The first kappa shape index (κ1) is 16.1. The predicted octanol–water partition coefficient (Wildman–Crippen LogP) is 4.55. The fourth-order valence-corrected chi connectivity index (χ4v) is 2.48. The van der Waals surface area contributed by atoms with Crippen LogP contribution in [0.3, 0.4) is 0 Å². The number of hydrogen-bond acceptors (Lipinski definition) is 2. The van der Waals surface area contributed by atoms with E-state index in [0.29, 0.717) is 5.56 Å². The standard InChI is InChI=1S/C14H8Cl2INO3/c15-10-6-11(16)12(5-9(10)14(20)21)18-13(19)7-1-3-8(17)4-2-7/h1-6H,(H,18,19)(H,20,21). The summed E-state index contributed by atoms with van der Waals surface area (Å²) in [7, 11) is 0. The maximum Gasteiger partial charge on any atom is 0.337 e. The molecule has 0 atom stereocenters. The number of carboxylic acids is 1. The van der Waals surface area contributed by atoms with Gasteiger partial charge in [-0.1, -0.05) is 23.2 Å². The van der Waals surface area contributed by atoms with E-state index in [2.05, 4.69) is 27.9 Å². The van der Waals surface area contributed by atoms with Gasteiger partial charge in [0.1, 0.15) is 0 Å². The second kappa shape index (κ2) is 6.64. The maximum atomic E-state index is 12.1. The molecule has 0 unspecified atom stereocenters. The molecular weight excluding hydrogens is 428 g/mol. The summed E-state index contributed by atoms with van der Waals surface area (Å²) in [5.74, 6) is -1.58. The summed E-state index contributed by atoms with van der Waals surface area (Å²) in [5, 5.41) is 11.8. The average Bonchev–Trinajstić information content (AvgIpc) is 2.42. The van der Waals surface area contributed by atoms with Crippen molar-refractivity contribution < 1.29 is 14.7 Å². The average molecular weight is 436 g/mol. The minimum Gasteiger partial charge on any atom is -0.478 e. The van der Waals surface area contributed by atoms with Gasteiger partial charge in [-0.2, -0.15) is 0 Å². The van der Waals surface area contributed by atoms with Crippen LogP contribution in [0.2, 0.25) is 10.0 Å². The molecule has 0 aliphatic carbocycles. The molecule has 4 nitrogen and oxygen atoms in total. The molecule has 0 aromatic heterocycles. The van der Waals surface area contributed by atoms with Crippen LogP contribution in [-0.4, -0.2) is 17.0 Å². The van der Waals surface area contributed by atoms with E-state index >= 15 is 0 Å². The Morgan fingerprint density at radius 3 is 2.24 bits per heavy atom. The summed E-state index contributed by atoms with van der Waals surface area (Å²) in [6.45, 7) is 0. The number of hydrogen-bond donors (Lipinski definition) is 2. The molecule has 1 amide bonds. The number of aromatic carboxylic acids is 1. The second-order valence-electron chi connectivity index (χ2n) is 4.08. The van der Waals surface area contributed by atoms with E-state index in [1.165, 1.54) is 12.1 Å². The van der Waals surface area contributed by atoms with Crippen molar-refractivity contribution in [1.82, 2.24) is 0 Å². The third-order valence-corrected chi connectivity index (χ3v) is 3.99.